The number of aliphatic hydroxyl groups is 1. The lowest BCUT2D eigenvalue weighted by Gasteiger charge is -2.14. The molecule has 0 radical (unpaired) electrons. The number of nitrogens with zero attached hydrogens (tertiary/aromatic N) is 3. The number of methoxy groups -OCH3 is 1. The molecule has 7 heteroatoms. The normalized spacial score (nSPS) is 11.8. The Balaban J connectivity index is 1.61. The zero-order chi connectivity index (χ0) is 21.6. The number of ketones is 1. The third kappa shape index (κ3) is 4.68. The fourth-order valence-corrected chi connectivity index (χ4v) is 4.00. The van der Waals surface area contributed by atoms with Gasteiger partial charge in [0.25, 0.3) is 0 Å². The summed E-state index contributed by atoms with van der Waals surface area (Å²) < 4.78 is 6.94. The number of hydrogen-bond acceptors (Lipinski definition) is 6. The number of carbonyl (C=O) groups is 1. The van der Waals surface area contributed by atoms with E-state index in [0.717, 1.165) is 11.3 Å². The molecule has 0 fully saturated rings. The number of Topliss-reactive ketones (excluding diaryl/α,β-unsaturated/α-hetero) is 1. The van der Waals surface area contributed by atoms with E-state index < -0.39 is 6.10 Å². The minimum atomic E-state index is -0.944. The van der Waals surface area contributed by atoms with E-state index in [2.05, 4.69) is 10.2 Å². The van der Waals surface area contributed by atoms with Crippen LogP contribution in [0.4, 0.5) is 0 Å². The summed E-state index contributed by atoms with van der Waals surface area (Å²) >= 11 is 1.29. The van der Waals surface area contributed by atoms with Gasteiger partial charge < -0.3 is 9.84 Å². The van der Waals surface area contributed by atoms with E-state index in [0.29, 0.717) is 22.3 Å². The topological polar surface area (TPSA) is 77.2 Å². The van der Waals surface area contributed by atoms with Crippen molar-refractivity contribution in [1.82, 2.24) is 14.8 Å². The van der Waals surface area contributed by atoms with Crippen LogP contribution in [0, 0.1) is 0 Å². The largest absolute Gasteiger partial charge is 0.497 e. The van der Waals surface area contributed by atoms with E-state index in [1.807, 2.05) is 60.7 Å². The molecule has 1 aromatic heterocycles. The Morgan fingerprint density at radius 3 is 2.26 bits per heavy atom. The van der Waals surface area contributed by atoms with E-state index in [-0.39, 0.29) is 11.5 Å². The fourth-order valence-electron chi connectivity index (χ4n) is 3.15. The summed E-state index contributed by atoms with van der Waals surface area (Å²) in [7, 11) is 1.59. The smallest absolute Gasteiger partial charge is 0.196 e. The number of aliphatic hydroxyl groups excluding tert-OH is 1. The van der Waals surface area contributed by atoms with Crippen LogP contribution in [0.25, 0.3) is 5.69 Å². The van der Waals surface area contributed by atoms with E-state index in [1.165, 1.54) is 11.8 Å². The maximum atomic E-state index is 12.7. The van der Waals surface area contributed by atoms with Crippen LogP contribution in [0.2, 0.25) is 0 Å². The van der Waals surface area contributed by atoms with Crippen LogP contribution in [0.5, 0.6) is 5.75 Å². The quantitative estimate of drug-likeness (QED) is 0.330. The van der Waals surface area contributed by atoms with Gasteiger partial charge in [-0.3, -0.25) is 9.36 Å². The van der Waals surface area contributed by atoms with Gasteiger partial charge in [0, 0.05) is 11.3 Å². The average Bonchev–Trinajstić information content (AvgIpc) is 3.27. The highest BCUT2D eigenvalue weighted by molar-refractivity contribution is 7.99. The third-order valence-corrected chi connectivity index (χ3v) is 5.71. The van der Waals surface area contributed by atoms with Crippen molar-refractivity contribution in [3.8, 4) is 11.4 Å². The first-order chi connectivity index (χ1) is 15.2. The van der Waals surface area contributed by atoms with Gasteiger partial charge in [0.2, 0.25) is 0 Å². The molecule has 0 saturated carbocycles. The molecule has 0 aliphatic carbocycles. The SMILES string of the molecule is COc1ccc(C(=O)CSc2nnc([C@@H](O)c3ccccc3)n2-c2ccccc2)cc1. The fraction of sp³-hybridized carbons (Fsp3) is 0.125. The van der Waals surface area contributed by atoms with Gasteiger partial charge in [0.1, 0.15) is 11.9 Å². The number of ether oxygens (including phenoxy) is 1. The highest BCUT2D eigenvalue weighted by atomic mass is 32.2. The molecule has 156 valence electrons. The van der Waals surface area contributed by atoms with Gasteiger partial charge in [0.15, 0.2) is 16.8 Å². The van der Waals surface area contributed by atoms with Crippen LogP contribution in [-0.4, -0.2) is 38.5 Å². The van der Waals surface area contributed by atoms with E-state index in [9.17, 15) is 9.90 Å². The number of carbonyl (C=O) groups excluding carboxylic acids is 1. The van der Waals surface area contributed by atoms with Crippen molar-refractivity contribution in [3.05, 3.63) is 102 Å². The molecule has 31 heavy (non-hydrogen) atoms. The number of para-hydroxylation sites is 1. The molecule has 6 nitrogen and oxygen atoms in total. The predicted molar refractivity (Wildman–Crippen MR) is 120 cm³/mol. The Bertz CT molecular complexity index is 1150. The van der Waals surface area contributed by atoms with Crippen molar-refractivity contribution < 1.29 is 14.6 Å². The molecule has 0 aliphatic heterocycles. The second-order valence-corrected chi connectivity index (χ2v) is 7.71. The molecule has 1 N–H and O–H groups in total. The second-order valence-electron chi connectivity index (χ2n) is 6.77. The molecule has 0 spiro atoms. The molecule has 0 aliphatic rings. The molecule has 0 bridgehead atoms. The number of benzene rings is 3. The lowest BCUT2D eigenvalue weighted by molar-refractivity contribution is 0.102. The van der Waals surface area contributed by atoms with Gasteiger partial charge >= 0.3 is 0 Å². The zero-order valence-corrected chi connectivity index (χ0v) is 17.7. The van der Waals surface area contributed by atoms with Gasteiger partial charge in [0.05, 0.1) is 12.9 Å². The summed E-state index contributed by atoms with van der Waals surface area (Å²) in [4.78, 5) is 12.7. The molecular weight excluding hydrogens is 410 g/mol. The number of hydrogen-bond donors (Lipinski definition) is 1. The Kier molecular flexibility index (Phi) is 6.45. The molecule has 1 atom stereocenters. The van der Waals surface area contributed by atoms with Crippen molar-refractivity contribution in [3.63, 3.8) is 0 Å². The molecule has 1 heterocycles. The Morgan fingerprint density at radius 2 is 1.61 bits per heavy atom. The van der Waals surface area contributed by atoms with Crippen molar-refractivity contribution in [2.75, 3.05) is 12.9 Å². The summed E-state index contributed by atoms with van der Waals surface area (Å²) in [5.74, 6) is 1.27. The van der Waals surface area contributed by atoms with Crippen LogP contribution in [0.1, 0.15) is 27.8 Å². The first-order valence-corrected chi connectivity index (χ1v) is 10.7. The number of thioether (sulfide) groups is 1. The highest BCUT2D eigenvalue weighted by Crippen LogP contribution is 2.28. The molecule has 0 saturated heterocycles. The average molecular weight is 432 g/mol. The van der Waals surface area contributed by atoms with Crippen molar-refractivity contribution >= 4 is 17.5 Å². The monoisotopic (exact) mass is 431 g/mol. The van der Waals surface area contributed by atoms with Crippen molar-refractivity contribution in [2.24, 2.45) is 0 Å². The van der Waals surface area contributed by atoms with Crippen LogP contribution in [0.15, 0.2) is 90.1 Å². The maximum Gasteiger partial charge on any atom is 0.196 e. The van der Waals surface area contributed by atoms with Crippen molar-refractivity contribution in [1.29, 1.82) is 0 Å². The molecular formula is C24H21N3O3S. The van der Waals surface area contributed by atoms with Crippen LogP contribution in [-0.2, 0) is 0 Å². The van der Waals surface area contributed by atoms with Gasteiger partial charge in [-0.25, -0.2) is 0 Å². The Hall–Kier alpha value is -3.42. The third-order valence-electron chi connectivity index (χ3n) is 4.78. The standard InChI is InChI=1S/C24H21N3O3S/c1-30-20-14-12-17(13-15-20)21(28)16-31-24-26-25-23(22(29)18-8-4-2-5-9-18)27(24)19-10-6-3-7-11-19/h2-15,22,29H,16H2,1H3/t22-/m0/s1. The lowest BCUT2D eigenvalue weighted by atomic mass is 10.1. The van der Waals surface area contributed by atoms with Crippen LogP contribution in [0.3, 0.4) is 0 Å². The Labute approximate surface area is 184 Å². The molecule has 3 aromatic carbocycles. The van der Waals surface area contributed by atoms with E-state index in [4.69, 9.17) is 4.74 Å². The van der Waals surface area contributed by atoms with Crippen LogP contribution < -0.4 is 4.74 Å². The Morgan fingerprint density at radius 1 is 0.968 bits per heavy atom. The molecule has 0 unspecified atom stereocenters. The van der Waals surface area contributed by atoms with Crippen molar-refractivity contribution in [2.45, 2.75) is 11.3 Å². The molecule has 4 rings (SSSR count). The first-order valence-electron chi connectivity index (χ1n) is 9.71. The van der Waals surface area contributed by atoms with E-state index in [1.54, 1.807) is 35.9 Å². The lowest BCUT2D eigenvalue weighted by Crippen LogP contribution is -2.10. The second kappa shape index (κ2) is 9.59. The van der Waals surface area contributed by atoms with Gasteiger partial charge in [-0.05, 0) is 42.0 Å². The summed E-state index contributed by atoms with van der Waals surface area (Å²) in [6, 6.07) is 25.9. The van der Waals surface area contributed by atoms with Crippen LogP contribution >= 0.6 is 11.8 Å². The summed E-state index contributed by atoms with van der Waals surface area (Å²) in [5, 5.41) is 20.0. The molecule has 0 amide bonds. The number of aromatic nitrogens is 3. The van der Waals surface area contributed by atoms with Gasteiger partial charge in [-0.1, -0.05) is 60.3 Å². The minimum Gasteiger partial charge on any atom is -0.497 e. The summed E-state index contributed by atoms with van der Waals surface area (Å²) in [6.07, 6.45) is -0.944. The predicted octanol–water partition coefficient (Wildman–Crippen LogP) is 4.33. The first kappa shape index (κ1) is 20.8. The minimum absolute atomic E-state index is 0.0274. The number of rotatable bonds is 8. The zero-order valence-electron chi connectivity index (χ0n) is 16.9. The van der Waals surface area contributed by atoms with Gasteiger partial charge in [-0.15, -0.1) is 10.2 Å². The van der Waals surface area contributed by atoms with Gasteiger partial charge in [-0.2, -0.15) is 0 Å². The van der Waals surface area contributed by atoms with E-state index >= 15 is 0 Å². The molecule has 4 aromatic rings. The maximum absolute atomic E-state index is 12.7. The summed E-state index contributed by atoms with van der Waals surface area (Å²) in [6.45, 7) is 0. The highest BCUT2D eigenvalue weighted by Gasteiger charge is 2.23. The summed E-state index contributed by atoms with van der Waals surface area (Å²) in [5.41, 5.74) is 2.14.